The summed E-state index contributed by atoms with van der Waals surface area (Å²) in [4.78, 5) is 0. The number of hydrogen-bond donors (Lipinski definition) is 1. The van der Waals surface area contributed by atoms with Crippen LogP contribution in [0.3, 0.4) is 0 Å². The summed E-state index contributed by atoms with van der Waals surface area (Å²) in [5.74, 6) is 0.571. The van der Waals surface area contributed by atoms with Gasteiger partial charge >= 0.3 is 0 Å². The first-order chi connectivity index (χ1) is 6.63. The van der Waals surface area contributed by atoms with Gasteiger partial charge in [-0.1, -0.05) is 38.1 Å². The first kappa shape index (κ1) is 11.3. The van der Waals surface area contributed by atoms with E-state index in [9.17, 15) is 0 Å². The molecular weight excluding hydrogens is 170 g/mol. The molecule has 0 radical (unpaired) electrons. The third kappa shape index (κ3) is 3.15. The van der Waals surface area contributed by atoms with E-state index in [4.69, 9.17) is 5.73 Å². The van der Waals surface area contributed by atoms with Gasteiger partial charge in [0.2, 0.25) is 0 Å². The van der Waals surface area contributed by atoms with Crippen LogP contribution < -0.4 is 5.73 Å². The second-order valence-corrected chi connectivity index (χ2v) is 4.21. The molecule has 0 aliphatic heterocycles. The number of aryl methyl sites for hydroxylation is 1. The van der Waals surface area contributed by atoms with E-state index in [2.05, 4.69) is 45.0 Å². The molecule has 1 aromatic rings. The lowest BCUT2D eigenvalue weighted by molar-refractivity contribution is 0.585. The standard InChI is InChI=1S/C13H21N/c1-4-12-6-5-7-13(9-12)10(2)8-11(3)14/h5-7,9-11H,4,8,14H2,1-3H3. The van der Waals surface area contributed by atoms with E-state index in [1.165, 1.54) is 11.1 Å². The highest BCUT2D eigenvalue weighted by atomic mass is 14.6. The number of rotatable bonds is 4. The molecule has 0 saturated heterocycles. The average Bonchev–Trinajstić information content (AvgIpc) is 2.17. The highest BCUT2D eigenvalue weighted by molar-refractivity contribution is 5.26. The molecule has 2 atom stereocenters. The van der Waals surface area contributed by atoms with Crippen LogP contribution in [0.5, 0.6) is 0 Å². The molecular formula is C13H21N. The summed E-state index contributed by atoms with van der Waals surface area (Å²) in [7, 11) is 0. The van der Waals surface area contributed by atoms with Crippen LogP contribution in [0, 0.1) is 0 Å². The molecule has 0 amide bonds. The van der Waals surface area contributed by atoms with Gasteiger partial charge in [-0.05, 0) is 36.8 Å². The largest absolute Gasteiger partial charge is 0.328 e. The topological polar surface area (TPSA) is 26.0 Å². The van der Waals surface area contributed by atoms with E-state index in [0.29, 0.717) is 5.92 Å². The smallest absolute Gasteiger partial charge is 0.00162 e. The molecule has 0 spiro atoms. The third-order valence-corrected chi connectivity index (χ3v) is 2.65. The van der Waals surface area contributed by atoms with Crippen LogP contribution in [0.25, 0.3) is 0 Å². The Balaban J connectivity index is 2.73. The Morgan fingerprint density at radius 3 is 2.57 bits per heavy atom. The Hall–Kier alpha value is -0.820. The fraction of sp³-hybridized carbons (Fsp3) is 0.538. The maximum Gasteiger partial charge on any atom is 0.00162 e. The maximum atomic E-state index is 5.80. The Labute approximate surface area is 87.3 Å². The molecule has 14 heavy (non-hydrogen) atoms. The predicted octanol–water partition coefficient (Wildman–Crippen LogP) is 3.09. The summed E-state index contributed by atoms with van der Waals surface area (Å²) >= 11 is 0. The Bertz CT molecular complexity index is 278. The fourth-order valence-electron chi connectivity index (χ4n) is 1.81. The molecule has 0 aliphatic rings. The summed E-state index contributed by atoms with van der Waals surface area (Å²) in [5.41, 5.74) is 8.64. The zero-order valence-corrected chi connectivity index (χ0v) is 9.46. The lowest BCUT2D eigenvalue weighted by atomic mass is 9.93. The third-order valence-electron chi connectivity index (χ3n) is 2.65. The molecule has 1 aromatic carbocycles. The van der Waals surface area contributed by atoms with E-state index >= 15 is 0 Å². The number of nitrogens with two attached hydrogens (primary N) is 1. The van der Waals surface area contributed by atoms with Crippen molar-refractivity contribution in [2.45, 2.75) is 45.6 Å². The zero-order chi connectivity index (χ0) is 10.6. The van der Waals surface area contributed by atoms with Gasteiger partial charge in [-0.15, -0.1) is 0 Å². The normalized spacial score (nSPS) is 15.1. The molecule has 0 bridgehead atoms. The number of benzene rings is 1. The second kappa shape index (κ2) is 5.16. The van der Waals surface area contributed by atoms with Crippen molar-refractivity contribution in [3.8, 4) is 0 Å². The van der Waals surface area contributed by atoms with Gasteiger partial charge in [0, 0.05) is 6.04 Å². The SMILES string of the molecule is CCc1cccc(C(C)CC(C)N)c1. The van der Waals surface area contributed by atoms with Crippen LogP contribution in [-0.2, 0) is 6.42 Å². The molecule has 78 valence electrons. The Morgan fingerprint density at radius 2 is 2.00 bits per heavy atom. The molecule has 1 heteroatoms. The van der Waals surface area contributed by atoms with Gasteiger partial charge in [-0.25, -0.2) is 0 Å². The van der Waals surface area contributed by atoms with Gasteiger partial charge in [0.1, 0.15) is 0 Å². The van der Waals surface area contributed by atoms with E-state index in [1.54, 1.807) is 0 Å². The van der Waals surface area contributed by atoms with Crippen LogP contribution in [0.15, 0.2) is 24.3 Å². The molecule has 0 aromatic heterocycles. The Kier molecular flexibility index (Phi) is 4.15. The van der Waals surface area contributed by atoms with Gasteiger partial charge in [-0.3, -0.25) is 0 Å². The fourth-order valence-corrected chi connectivity index (χ4v) is 1.81. The first-order valence-corrected chi connectivity index (χ1v) is 5.48. The van der Waals surface area contributed by atoms with E-state index in [0.717, 1.165) is 12.8 Å². The van der Waals surface area contributed by atoms with Gasteiger partial charge in [-0.2, -0.15) is 0 Å². The minimum absolute atomic E-state index is 0.287. The van der Waals surface area contributed by atoms with Crippen molar-refractivity contribution >= 4 is 0 Å². The summed E-state index contributed by atoms with van der Waals surface area (Å²) < 4.78 is 0. The lowest BCUT2D eigenvalue weighted by Crippen LogP contribution is -2.17. The van der Waals surface area contributed by atoms with Crippen LogP contribution in [0.2, 0.25) is 0 Å². The summed E-state index contributed by atoms with van der Waals surface area (Å²) in [6, 6.07) is 9.11. The van der Waals surface area contributed by atoms with Crippen LogP contribution in [0.4, 0.5) is 0 Å². The molecule has 0 saturated carbocycles. The minimum atomic E-state index is 0.287. The van der Waals surface area contributed by atoms with Crippen molar-refractivity contribution in [3.05, 3.63) is 35.4 Å². The van der Waals surface area contributed by atoms with Gasteiger partial charge in [0.25, 0.3) is 0 Å². The quantitative estimate of drug-likeness (QED) is 0.777. The zero-order valence-electron chi connectivity index (χ0n) is 9.46. The van der Waals surface area contributed by atoms with E-state index in [1.807, 2.05) is 0 Å². The van der Waals surface area contributed by atoms with E-state index in [-0.39, 0.29) is 6.04 Å². The van der Waals surface area contributed by atoms with E-state index < -0.39 is 0 Å². The monoisotopic (exact) mass is 191 g/mol. The van der Waals surface area contributed by atoms with Gasteiger partial charge < -0.3 is 5.73 Å². The highest BCUT2D eigenvalue weighted by Crippen LogP contribution is 2.21. The molecule has 0 heterocycles. The van der Waals surface area contributed by atoms with Crippen LogP contribution in [-0.4, -0.2) is 6.04 Å². The molecule has 1 rings (SSSR count). The van der Waals surface area contributed by atoms with Crippen LogP contribution >= 0.6 is 0 Å². The predicted molar refractivity (Wildman–Crippen MR) is 62.5 cm³/mol. The summed E-state index contributed by atoms with van der Waals surface area (Å²) in [5, 5.41) is 0. The minimum Gasteiger partial charge on any atom is -0.328 e. The Morgan fingerprint density at radius 1 is 1.29 bits per heavy atom. The van der Waals surface area contributed by atoms with Crippen LogP contribution in [0.1, 0.15) is 44.2 Å². The van der Waals surface area contributed by atoms with Crippen molar-refractivity contribution in [3.63, 3.8) is 0 Å². The molecule has 1 nitrogen and oxygen atoms in total. The van der Waals surface area contributed by atoms with Gasteiger partial charge in [0.15, 0.2) is 0 Å². The highest BCUT2D eigenvalue weighted by Gasteiger charge is 2.07. The number of hydrogen-bond acceptors (Lipinski definition) is 1. The summed E-state index contributed by atoms with van der Waals surface area (Å²) in [6.07, 6.45) is 2.17. The van der Waals surface area contributed by atoms with Crippen molar-refractivity contribution in [2.24, 2.45) is 5.73 Å². The van der Waals surface area contributed by atoms with Gasteiger partial charge in [0.05, 0.1) is 0 Å². The maximum absolute atomic E-state index is 5.80. The van der Waals surface area contributed by atoms with Crippen molar-refractivity contribution in [2.75, 3.05) is 0 Å². The van der Waals surface area contributed by atoms with Crippen molar-refractivity contribution < 1.29 is 0 Å². The average molecular weight is 191 g/mol. The summed E-state index contributed by atoms with van der Waals surface area (Å²) in [6.45, 7) is 6.51. The first-order valence-electron chi connectivity index (χ1n) is 5.48. The molecule has 2 N–H and O–H groups in total. The second-order valence-electron chi connectivity index (χ2n) is 4.21. The molecule has 2 unspecified atom stereocenters. The molecule has 0 aliphatic carbocycles. The van der Waals surface area contributed by atoms with Crippen molar-refractivity contribution in [1.82, 2.24) is 0 Å². The molecule has 0 fully saturated rings. The lowest BCUT2D eigenvalue weighted by Gasteiger charge is -2.15. The van der Waals surface area contributed by atoms with Crippen molar-refractivity contribution in [1.29, 1.82) is 0 Å².